The zero-order chi connectivity index (χ0) is 19.3. The predicted molar refractivity (Wildman–Crippen MR) is 122 cm³/mol. The third-order valence-corrected chi connectivity index (χ3v) is 6.01. The number of rotatable bonds is 8. The summed E-state index contributed by atoms with van der Waals surface area (Å²) in [7, 11) is 1.82. The number of aliphatic hydroxyl groups is 1. The molecule has 5 nitrogen and oxygen atoms in total. The lowest BCUT2D eigenvalue weighted by molar-refractivity contribution is -0.114. The van der Waals surface area contributed by atoms with Gasteiger partial charge in [0.15, 0.2) is 0 Å². The Morgan fingerprint density at radius 1 is 1.20 bits per heavy atom. The molecule has 0 aliphatic carbocycles. The van der Waals surface area contributed by atoms with Crippen LogP contribution < -0.4 is 16.0 Å². The number of anilines is 1. The molecule has 0 fully saturated rings. The molecule has 0 bridgehead atoms. The van der Waals surface area contributed by atoms with E-state index in [1.165, 1.54) is 6.92 Å². The highest BCUT2D eigenvalue weighted by atomic mass is 127. The molecule has 1 rings (SSSR count). The van der Waals surface area contributed by atoms with E-state index in [-0.39, 0.29) is 5.91 Å². The molecule has 1 amide bonds. The average Bonchev–Trinajstić information content (AvgIpc) is 2.55. The molecule has 0 heterocycles. The van der Waals surface area contributed by atoms with Gasteiger partial charge in [0.05, 0.1) is 11.8 Å². The van der Waals surface area contributed by atoms with Crippen LogP contribution in [-0.2, 0) is 4.79 Å². The summed E-state index contributed by atoms with van der Waals surface area (Å²) >= 11 is 4.46. The smallest absolute Gasteiger partial charge is 0.221 e. The molecule has 0 spiro atoms. The molecule has 0 radical (unpaired) electrons. The van der Waals surface area contributed by atoms with Gasteiger partial charge in [0.2, 0.25) is 5.91 Å². The number of halogens is 2. The van der Waals surface area contributed by atoms with Crippen molar-refractivity contribution in [1.82, 2.24) is 10.6 Å². The van der Waals surface area contributed by atoms with Crippen molar-refractivity contribution in [2.45, 2.75) is 33.3 Å². The van der Waals surface area contributed by atoms with Gasteiger partial charge >= 0.3 is 0 Å². The maximum atomic E-state index is 11.7. The average molecular weight is 569 g/mol. The quantitative estimate of drug-likeness (QED) is 0.361. The van der Waals surface area contributed by atoms with Crippen LogP contribution >= 0.6 is 45.2 Å². The monoisotopic (exact) mass is 569 g/mol. The Balaban J connectivity index is 3.52. The lowest BCUT2D eigenvalue weighted by Crippen LogP contribution is -2.26. The number of nitrogens with one attached hydrogen (secondary N) is 3. The van der Waals surface area contributed by atoms with E-state index in [1.54, 1.807) is 0 Å². The van der Waals surface area contributed by atoms with Crippen molar-refractivity contribution in [3.8, 4) is 0 Å². The number of benzene rings is 1. The van der Waals surface area contributed by atoms with Crippen LogP contribution in [0.3, 0.4) is 0 Å². The van der Waals surface area contributed by atoms with Crippen molar-refractivity contribution in [3.05, 3.63) is 37.0 Å². The van der Waals surface area contributed by atoms with Crippen molar-refractivity contribution >= 4 is 68.2 Å². The van der Waals surface area contributed by atoms with E-state index in [9.17, 15) is 9.90 Å². The van der Waals surface area contributed by atoms with Crippen LogP contribution in [0.25, 0.3) is 11.4 Å². The SMILES string of the molecule is C=C(NC)c1c(C)c(C(=C)NCC(O)CC)c(I)c(NC(C)=O)c1I. The van der Waals surface area contributed by atoms with Crippen LogP contribution in [0.5, 0.6) is 0 Å². The largest absolute Gasteiger partial charge is 0.391 e. The number of hydrogen-bond acceptors (Lipinski definition) is 4. The number of carbonyl (C=O) groups excluding carboxylic acids is 1. The highest BCUT2D eigenvalue weighted by molar-refractivity contribution is 14.1. The molecule has 25 heavy (non-hydrogen) atoms. The van der Waals surface area contributed by atoms with Crippen LogP contribution in [0.1, 0.15) is 37.0 Å². The molecule has 0 aliphatic rings. The lowest BCUT2D eigenvalue weighted by Gasteiger charge is -2.23. The zero-order valence-corrected chi connectivity index (χ0v) is 19.3. The maximum Gasteiger partial charge on any atom is 0.221 e. The normalized spacial score (nSPS) is 11.6. The third kappa shape index (κ3) is 5.33. The van der Waals surface area contributed by atoms with Gasteiger partial charge in [-0.1, -0.05) is 20.1 Å². The molecule has 1 aromatic carbocycles. The van der Waals surface area contributed by atoms with Gasteiger partial charge in [-0.2, -0.15) is 0 Å². The van der Waals surface area contributed by atoms with Crippen LogP contribution in [0.4, 0.5) is 5.69 Å². The summed E-state index contributed by atoms with van der Waals surface area (Å²) in [6.45, 7) is 14.1. The Kier molecular flexibility index (Phi) is 8.69. The minimum atomic E-state index is -0.430. The Hall–Kier alpha value is -0.810. The van der Waals surface area contributed by atoms with Crippen molar-refractivity contribution in [3.63, 3.8) is 0 Å². The van der Waals surface area contributed by atoms with Gasteiger partial charge in [-0.3, -0.25) is 4.79 Å². The summed E-state index contributed by atoms with van der Waals surface area (Å²) in [6.07, 6.45) is 0.238. The Labute approximate surface area is 177 Å². The molecule has 1 atom stereocenters. The summed E-state index contributed by atoms with van der Waals surface area (Å²) in [6, 6.07) is 0. The van der Waals surface area contributed by atoms with Gasteiger partial charge in [0.1, 0.15) is 0 Å². The van der Waals surface area contributed by atoms with Gasteiger partial charge in [-0.15, -0.1) is 0 Å². The summed E-state index contributed by atoms with van der Waals surface area (Å²) in [5.74, 6) is -0.133. The molecule has 0 aromatic heterocycles. The van der Waals surface area contributed by atoms with E-state index in [0.717, 1.165) is 35.2 Å². The maximum absolute atomic E-state index is 11.7. The van der Waals surface area contributed by atoms with Crippen LogP contribution in [0, 0.1) is 14.1 Å². The second-order valence-electron chi connectivity index (χ2n) is 5.71. The van der Waals surface area contributed by atoms with E-state index >= 15 is 0 Å². The fourth-order valence-corrected chi connectivity index (χ4v) is 5.19. The zero-order valence-electron chi connectivity index (χ0n) is 15.0. The number of carbonyl (C=O) groups is 1. The van der Waals surface area contributed by atoms with E-state index in [4.69, 9.17) is 0 Å². The first kappa shape index (κ1) is 22.2. The molecular formula is C18H25I2N3O2. The summed E-state index contributed by atoms with van der Waals surface area (Å²) in [5.41, 5.74) is 5.11. The van der Waals surface area contributed by atoms with Crippen LogP contribution in [0.15, 0.2) is 13.2 Å². The van der Waals surface area contributed by atoms with Crippen molar-refractivity contribution in [2.24, 2.45) is 0 Å². The summed E-state index contributed by atoms with van der Waals surface area (Å²) in [4.78, 5) is 11.7. The molecule has 0 saturated heterocycles. The standard InChI is InChI=1S/C18H25I2N3O2/c1-7-13(25)8-22-11(4)15-9(2)14(10(3)21-6)16(19)18(17(15)20)23-12(5)24/h13,21-22,25H,3-4,7-8H2,1-2,5-6H3,(H,23,24). The molecule has 0 aliphatic heterocycles. The first-order valence-electron chi connectivity index (χ1n) is 7.92. The molecule has 4 N–H and O–H groups in total. The van der Waals surface area contributed by atoms with Crippen LogP contribution in [-0.4, -0.2) is 30.7 Å². The van der Waals surface area contributed by atoms with Crippen LogP contribution in [0.2, 0.25) is 0 Å². The highest BCUT2D eigenvalue weighted by Crippen LogP contribution is 2.38. The Morgan fingerprint density at radius 3 is 2.16 bits per heavy atom. The second-order valence-corrected chi connectivity index (χ2v) is 7.87. The van der Waals surface area contributed by atoms with E-state index < -0.39 is 6.10 Å². The first-order chi connectivity index (χ1) is 11.6. The first-order valence-corrected chi connectivity index (χ1v) is 10.1. The molecule has 0 saturated carbocycles. The lowest BCUT2D eigenvalue weighted by atomic mass is 9.97. The van der Waals surface area contributed by atoms with Crippen molar-refractivity contribution in [1.29, 1.82) is 0 Å². The second kappa shape index (κ2) is 9.77. The Bertz CT molecular complexity index is 702. The summed E-state index contributed by atoms with van der Waals surface area (Å²) in [5, 5.41) is 19.0. The molecule has 1 unspecified atom stereocenters. The molecule has 7 heteroatoms. The number of aliphatic hydroxyl groups excluding tert-OH is 1. The van der Waals surface area contributed by atoms with E-state index in [0.29, 0.717) is 18.7 Å². The van der Waals surface area contributed by atoms with Gasteiger partial charge in [0.25, 0.3) is 0 Å². The van der Waals surface area contributed by atoms with E-state index in [1.807, 2.05) is 20.9 Å². The molecule has 1 aromatic rings. The molecular weight excluding hydrogens is 544 g/mol. The third-order valence-electron chi connectivity index (χ3n) is 3.86. The predicted octanol–water partition coefficient (Wildman–Crippen LogP) is 3.68. The van der Waals surface area contributed by atoms with Crippen molar-refractivity contribution < 1.29 is 9.90 Å². The van der Waals surface area contributed by atoms with Gasteiger partial charge in [-0.05, 0) is 64.1 Å². The minimum absolute atomic E-state index is 0.133. The Morgan fingerprint density at radius 2 is 1.72 bits per heavy atom. The topological polar surface area (TPSA) is 73.4 Å². The van der Waals surface area contributed by atoms with Crippen molar-refractivity contribution in [2.75, 3.05) is 18.9 Å². The fourth-order valence-electron chi connectivity index (χ4n) is 2.40. The van der Waals surface area contributed by atoms with Gasteiger partial charge in [0, 0.05) is 50.2 Å². The number of hydrogen-bond donors (Lipinski definition) is 4. The number of amides is 1. The summed E-state index contributed by atoms with van der Waals surface area (Å²) < 4.78 is 1.84. The minimum Gasteiger partial charge on any atom is -0.391 e. The molecule has 138 valence electrons. The van der Waals surface area contributed by atoms with E-state index in [2.05, 4.69) is 74.3 Å². The fraction of sp³-hybridized carbons (Fsp3) is 0.389. The van der Waals surface area contributed by atoms with Gasteiger partial charge < -0.3 is 21.1 Å². The highest BCUT2D eigenvalue weighted by Gasteiger charge is 2.22. The van der Waals surface area contributed by atoms with Gasteiger partial charge in [-0.25, -0.2) is 0 Å².